The topological polar surface area (TPSA) is 23.3 Å². The maximum Gasteiger partial charge on any atom is 0.430 e. The molecule has 1 amide bonds. The van der Waals surface area contributed by atoms with Crippen LogP contribution in [0.5, 0.6) is 0 Å². The van der Waals surface area contributed by atoms with Gasteiger partial charge in [-0.3, -0.25) is 0 Å². The minimum absolute atomic E-state index is 0.129. The van der Waals surface area contributed by atoms with E-state index in [-0.39, 0.29) is 5.91 Å². The van der Waals surface area contributed by atoms with E-state index in [1.165, 1.54) is 10.6 Å². The van der Waals surface area contributed by atoms with Crippen LogP contribution in [0.4, 0.5) is 5.69 Å². The van der Waals surface area contributed by atoms with Gasteiger partial charge in [0.05, 0.1) is 5.69 Å². The van der Waals surface area contributed by atoms with E-state index >= 15 is 0 Å². The molecule has 2 heterocycles. The average molecular weight is 323 g/mol. The highest BCUT2D eigenvalue weighted by Crippen LogP contribution is 2.49. The van der Waals surface area contributed by atoms with Gasteiger partial charge in [0.15, 0.2) is 11.4 Å². The van der Waals surface area contributed by atoms with Crippen LogP contribution in [0.3, 0.4) is 0 Å². The van der Waals surface area contributed by atoms with Crippen molar-refractivity contribution in [3.8, 4) is 0 Å². The highest BCUT2D eigenvalue weighted by atomic mass is 32.2. The van der Waals surface area contributed by atoms with Gasteiger partial charge in [-0.15, -0.1) is 4.58 Å². The Hall–Kier alpha value is -0.850. The Labute approximate surface area is 131 Å². The predicted octanol–water partition coefficient (Wildman–Crippen LogP) is 3.42. The lowest BCUT2D eigenvalue weighted by Gasteiger charge is -2.13. The summed E-state index contributed by atoms with van der Waals surface area (Å²) in [6, 6.07) is 8.27. The Morgan fingerprint density at radius 1 is 1.30 bits per heavy atom. The third kappa shape index (κ3) is 2.10. The second-order valence-corrected chi connectivity index (χ2v) is 7.47. The van der Waals surface area contributed by atoms with Crippen molar-refractivity contribution in [1.29, 1.82) is 0 Å². The van der Waals surface area contributed by atoms with E-state index in [9.17, 15) is 4.79 Å². The fourth-order valence-corrected chi connectivity index (χ4v) is 5.52. The third-order valence-corrected chi connectivity index (χ3v) is 6.92. The monoisotopic (exact) mass is 323 g/mol. The van der Waals surface area contributed by atoms with Gasteiger partial charge in [-0.25, -0.2) is 4.79 Å². The molecule has 0 saturated carbocycles. The third-order valence-electron chi connectivity index (χ3n) is 3.27. The number of amides is 1. The smallest absolute Gasteiger partial charge is 0.337 e. The SMILES string of the molecule is CC[N+]1=C(SC)S/C(=C2/Sc3ccccc3N2C)C1=O. The molecular weight excluding hydrogens is 308 g/mol. The summed E-state index contributed by atoms with van der Waals surface area (Å²) in [5, 5.41) is 1.05. The molecule has 3 nitrogen and oxygen atoms in total. The Morgan fingerprint density at radius 3 is 2.65 bits per heavy atom. The molecule has 0 fully saturated rings. The van der Waals surface area contributed by atoms with Crippen LogP contribution in [-0.4, -0.2) is 34.7 Å². The van der Waals surface area contributed by atoms with E-state index in [0.29, 0.717) is 0 Å². The van der Waals surface area contributed by atoms with Crippen molar-refractivity contribution >= 4 is 51.3 Å². The van der Waals surface area contributed by atoms with Gasteiger partial charge in [0, 0.05) is 23.7 Å². The summed E-state index contributed by atoms with van der Waals surface area (Å²) in [5.41, 5.74) is 1.18. The van der Waals surface area contributed by atoms with Crippen molar-refractivity contribution in [3.63, 3.8) is 0 Å². The van der Waals surface area contributed by atoms with Gasteiger partial charge in [-0.05, 0) is 25.3 Å². The Morgan fingerprint density at radius 2 is 2.05 bits per heavy atom. The first-order chi connectivity index (χ1) is 9.67. The maximum atomic E-state index is 12.6. The quantitative estimate of drug-likeness (QED) is 0.582. The summed E-state index contributed by atoms with van der Waals surface area (Å²) >= 11 is 4.92. The molecule has 0 bridgehead atoms. The summed E-state index contributed by atoms with van der Waals surface area (Å²) in [6.07, 6.45) is 2.02. The minimum Gasteiger partial charge on any atom is -0.337 e. The average Bonchev–Trinajstić information content (AvgIpc) is 2.97. The molecule has 104 valence electrons. The van der Waals surface area contributed by atoms with Crippen molar-refractivity contribution in [3.05, 3.63) is 34.2 Å². The number of likely N-dealkylation sites (N-methyl/N-ethyl adjacent to an activating group) is 1. The van der Waals surface area contributed by atoms with Crippen LogP contribution >= 0.6 is 35.3 Å². The molecule has 0 saturated heterocycles. The zero-order chi connectivity index (χ0) is 14.3. The van der Waals surface area contributed by atoms with E-state index in [4.69, 9.17) is 0 Å². The summed E-state index contributed by atoms with van der Waals surface area (Å²) in [6.45, 7) is 2.74. The van der Waals surface area contributed by atoms with Crippen LogP contribution in [0.15, 0.2) is 39.1 Å². The molecule has 0 radical (unpaired) electrons. The molecule has 2 aliphatic heterocycles. The first kappa shape index (κ1) is 14.1. The molecule has 0 aromatic heterocycles. The zero-order valence-corrected chi connectivity index (χ0v) is 14.0. The number of carbonyl (C=O) groups excluding carboxylic acids is 1. The molecule has 0 unspecified atom stereocenters. The lowest BCUT2D eigenvalue weighted by atomic mass is 10.3. The molecule has 0 atom stereocenters. The highest BCUT2D eigenvalue weighted by Gasteiger charge is 2.41. The van der Waals surface area contributed by atoms with Gasteiger partial charge < -0.3 is 4.90 Å². The van der Waals surface area contributed by atoms with Crippen molar-refractivity contribution in [2.75, 3.05) is 24.7 Å². The van der Waals surface area contributed by atoms with Gasteiger partial charge in [0.2, 0.25) is 0 Å². The largest absolute Gasteiger partial charge is 0.430 e. The highest BCUT2D eigenvalue weighted by molar-refractivity contribution is 8.40. The molecule has 1 aromatic rings. The molecule has 2 aliphatic rings. The van der Waals surface area contributed by atoms with Crippen LogP contribution in [-0.2, 0) is 4.79 Å². The van der Waals surface area contributed by atoms with E-state index in [1.807, 2.05) is 36.9 Å². The van der Waals surface area contributed by atoms with Crippen molar-refractivity contribution < 1.29 is 9.37 Å². The van der Waals surface area contributed by atoms with Crippen LogP contribution < -0.4 is 4.90 Å². The number of thioether (sulfide) groups is 3. The summed E-state index contributed by atoms with van der Waals surface area (Å²) < 4.78 is 2.93. The number of para-hydroxylation sites is 1. The number of hydrogen-bond donors (Lipinski definition) is 0. The summed E-state index contributed by atoms with van der Waals surface area (Å²) in [7, 11) is 2.03. The molecule has 20 heavy (non-hydrogen) atoms. The molecule has 1 aromatic carbocycles. The lowest BCUT2D eigenvalue weighted by molar-refractivity contribution is -0.433. The summed E-state index contributed by atoms with van der Waals surface area (Å²) in [4.78, 5) is 16.7. The van der Waals surface area contributed by atoms with Crippen molar-refractivity contribution in [1.82, 2.24) is 0 Å². The Kier molecular flexibility index (Phi) is 3.88. The number of anilines is 1. The molecule has 3 rings (SSSR count). The number of rotatable bonds is 1. The maximum absolute atomic E-state index is 12.6. The minimum atomic E-state index is 0.129. The Bertz CT molecular complexity index is 652. The normalized spacial score (nSPS) is 21.9. The van der Waals surface area contributed by atoms with Gasteiger partial charge in [0.25, 0.3) is 4.38 Å². The van der Waals surface area contributed by atoms with Gasteiger partial charge in [-0.1, -0.05) is 35.7 Å². The van der Waals surface area contributed by atoms with Crippen LogP contribution in [0.25, 0.3) is 0 Å². The van der Waals surface area contributed by atoms with Crippen LogP contribution in [0.1, 0.15) is 6.92 Å². The second-order valence-electron chi connectivity index (χ2n) is 4.38. The first-order valence-corrected chi connectivity index (χ1v) is 9.18. The molecule has 0 aliphatic carbocycles. The Balaban J connectivity index is 2.02. The number of fused-ring (bicyclic) bond motifs is 1. The predicted molar refractivity (Wildman–Crippen MR) is 89.6 cm³/mol. The van der Waals surface area contributed by atoms with Gasteiger partial charge >= 0.3 is 5.91 Å². The molecule has 6 heteroatoms. The van der Waals surface area contributed by atoms with Crippen LogP contribution in [0.2, 0.25) is 0 Å². The van der Waals surface area contributed by atoms with E-state index in [2.05, 4.69) is 17.0 Å². The van der Waals surface area contributed by atoms with Gasteiger partial charge in [-0.2, -0.15) is 0 Å². The summed E-state index contributed by atoms with van der Waals surface area (Å²) in [5.74, 6) is 0.129. The van der Waals surface area contributed by atoms with Crippen molar-refractivity contribution in [2.45, 2.75) is 11.8 Å². The van der Waals surface area contributed by atoms with Crippen LogP contribution in [0, 0.1) is 0 Å². The zero-order valence-electron chi connectivity index (χ0n) is 11.5. The number of benzene rings is 1. The standard InChI is InChI=1S/C14H15N2OS3/c1-4-16-12(17)11(20-14(16)18-3)13-15(2)9-7-5-6-8-10(9)19-13/h5-8H,4H2,1-3H3/q+1/b13-11+. The molecule has 0 N–H and O–H groups in total. The fourth-order valence-electron chi connectivity index (χ4n) is 2.25. The molecular formula is C14H15N2OS3+. The lowest BCUT2D eigenvalue weighted by Crippen LogP contribution is -2.21. The number of nitrogens with zero attached hydrogens (tertiary/aromatic N) is 2. The van der Waals surface area contributed by atoms with E-state index in [0.717, 1.165) is 20.9 Å². The number of carbonyl (C=O) groups is 1. The molecule has 0 spiro atoms. The van der Waals surface area contributed by atoms with E-state index in [1.54, 1.807) is 35.3 Å². The van der Waals surface area contributed by atoms with E-state index < -0.39 is 0 Å². The number of hydrogen-bond acceptors (Lipinski definition) is 5. The van der Waals surface area contributed by atoms with Crippen molar-refractivity contribution in [2.24, 2.45) is 0 Å². The second kappa shape index (κ2) is 5.50. The van der Waals surface area contributed by atoms with Gasteiger partial charge in [0.1, 0.15) is 5.03 Å². The first-order valence-electron chi connectivity index (χ1n) is 6.33. The fraction of sp³-hybridized carbons (Fsp3) is 0.286.